The van der Waals surface area contributed by atoms with Crippen LogP contribution >= 0.6 is 11.6 Å². The normalized spacial score (nSPS) is 13.2. The van der Waals surface area contributed by atoms with Gasteiger partial charge in [-0.25, -0.2) is 13.1 Å². The molecule has 9 heteroatoms. The van der Waals surface area contributed by atoms with Crippen molar-refractivity contribution in [2.45, 2.75) is 17.9 Å². The molecule has 0 saturated heterocycles. The van der Waals surface area contributed by atoms with Gasteiger partial charge in [0.2, 0.25) is 15.9 Å². The summed E-state index contributed by atoms with van der Waals surface area (Å²) in [6, 6.07) is 2.52. The van der Waals surface area contributed by atoms with Gasteiger partial charge in [-0.2, -0.15) is 0 Å². The van der Waals surface area contributed by atoms with E-state index in [0.29, 0.717) is 5.56 Å². The highest BCUT2D eigenvalue weighted by Crippen LogP contribution is 2.26. The largest absolute Gasteiger partial charge is 0.397 e. The molecule has 1 aromatic rings. The van der Waals surface area contributed by atoms with Gasteiger partial charge in [-0.1, -0.05) is 11.6 Å². The van der Waals surface area contributed by atoms with Crippen LogP contribution in [-0.2, 0) is 14.8 Å². The molecule has 1 atom stereocenters. The Kier molecular flexibility index (Phi) is 4.75. The first-order valence-electron chi connectivity index (χ1n) is 5.18. The third kappa shape index (κ3) is 3.80. The number of carbonyl (C=O) groups is 1. The van der Waals surface area contributed by atoms with Gasteiger partial charge in [-0.05, 0) is 24.6 Å². The van der Waals surface area contributed by atoms with Crippen LogP contribution in [0.2, 0.25) is 5.02 Å². The molecule has 0 heterocycles. The molecule has 0 aromatic heterocycles. The lowest BCUT2D eigenvalue weighted by Gasteiger charge is -2.11. The van der Waals surface area contributed by atoms with E-state index in [1.54, 1.807) is 6.92 Å². The fourth-order valence-electron chi connectivity index (χ4n) is 1.29. The molecule has 0 saturated carbocycles. The number of aliphatic hydroxyl groups excluding tert-OH is 1. The van der Waals surface area contributed by atoms with Crippen molar-refractivity contribution in [3.05, 3.63) is 22.7 Å². The van der Waals surface area contributed by atoms with Crippen molar-refractivity contribution in [2.75, 3.05) is 12.3 Å². The van der Waals surface area contributed by atoms with Crippen molar-refractivity contribution in [1.82, 2.24) is 4.72 Å². The van der Waals surface area contributed by atoms with Gasteiger partial charge >= 0.3 is 0 Å². The van der Waals surface area contributed by atoms with E-state index in [1.807, 2.05) is 0 Å². The molecular formula is C10H14ClN3O4S. The van der Waals surface area contributed by atoms with Crippen LogP contribution < -0.4 is 16.2 Å². The van der Waals surface area contributed by atoms with Gasteiger partial charge in [0.05, 0.1) is 15.6 Å². The number of aliphatic hydroxyl groups is 1. The highest BCUT2D eigenvalue weighted by atomic mass is 35.5. The summed E-state index contributed by atoms with van der Waals surface area (Å²) in [7, 11) is -3.91. The van der Waals surface area contributed by atoms with Gasteiger partial charge < -0.3 is 16.6 Å². The Morgan fingerprint density at radius 2 is 2.11 bits per heavy atom. The maximum atomic E-state index is 11.9. The van der Waals surface area contributed by atoms with Crippen molar-refractivity contribution in [3.63, 3.8) is 0 Å². The topological polar surface area (TPSA) is 136 Å². The Balaban J connectivity index is 2.98. The maximum absolute atomic E-state index is 11.9. The Morgan fingerprint density at radius 3 is 2.58 bits per heavy atom. The number of benzene rings is 1. The molecule has 0 bridgehead atoms. The van der Waals surface area contributed by atoms with E-state index in [2.05, 4.69) is 4.72 Å². The van der Waals surface area contributed by atoms with Gasteiger partial charge in [0.1, 0.15) is 6.10 Å². The summed E-state index contributed by atoms with van der Waals surface area (Å²) < 4.78 is 25.9. The highest BCUT2D eigenvalue weighted by Gasteiger charge is 2.19. The number of aryl methyl sites for hydroxylation is 1. The molecule has 1 aromatic carbocycles. The van der Waals surface area contributed by atoms with Crippen LogP contribution in [0.1, 0.15) is 5.56 Å². The van der Waals surface area contributed by atoms with E-state index in [-0.39, 0.29) is 15.6 Å². The summed E-state index contributed by atoms with van der Waals surface area (Å²) in [4.78, 5) is 10.5. The number of anilines is 1. The fraction of sp³-hybridized carbons (Fsp3) is 0.300. The second-order valence-electron chi connectivity index (χ2n) is 3.91. The van der Waals surface area contributed by atoms with E-state index in [4.69, 9.17) is 28.2 Å². The maximum Gasteiger partial charge on any atom is 0.247 e. The quantitative estimate of drug-likeness (QED) is 0.536. The average Bonchev–Trinajstić information content (AvgIpc) is 2.32. The second kappa shape index (κ2) is 5.74. The number of nitrogens with two attached hydrogens (primary N) is 2. The van der Waals surface area contributed by atoms with E-state index < -0.39 is 28.6 Å². The van der Waals surface area contributed by atoms with Crippen LogP contribution in [0.25, 0.3) is 0 Å². The van der Waals surface area contributed by atoms with E-state index >= 15 is 0 Å². The molecule has 19 heavy (non-hydrogen) atoms. The van der Waals surface area contributed by atoms with Crippen LogP contribution in [0.4, 0.5) is 5.69 Å². The molecule has 6 N–H and O–H groups in total. The number of rotatable bonds is 5. The van der Waals surface area contributed by atoms with Crippen LogP contribution in [0.15, 0.2) is 17.0 Å². The van der Waals surface area contributed by atoms with Crippen LogP contribution in [0.5, 0.6) is 0 Å². The average molecular weight is 308 g/mol. The predicted octanol–water partition coefficient (Wildman–Crippen LogP) is -0.645. The fourth-order valence-corrected chi connectivity index (χ4v) is 2.56. The van der Waals surface area contributed by atoms with Crippen LogP contribution in [0, 0.1) is 6.92 Å². The molecule has 106 valence electrons. The van der Waals surface area contributed by atoms with Gasteiger partial charge in [0.25, 0.3) is 0 Å². The van der Waals surface area contributed by atoms with E-state index in [9.17, 15) is 13.2 Å². The molecule has 0 radical (unpaired) electrons. The summed E-state index contributed by atoms with van der Waals surface area (Å²) >= 11 is 5.83. The minimum absolute atomic E-state index is 0.108. The van der Waals surface area contributed by atoms with Gasteiger partial charge in [0, 0.05) is 6.54 Å². The van der Waals surface area contributed by atoms with Gasteiger partial charge in [-0.15, -0.1) is 0 Å². The molecule has 1 amide bonds. The molecule has 7 nitrogen and oxygen atoms in total. The highest BCUT2D eigenvalue weighted by molar-refractivity contribution is 7.89. The Hall–Kier alpha value is -1.35. The third-order valence-corrected chi connectivity index (χ3v) is 4.28. The zero-order valence-corrected chi connectivity index (χ0v) is 11.6. The molecule has 1 unspecified atom stereocenters. The summed E-state index contributed by atoms with van der Waals surface area (Å²) in [6.07, 6.45) is -1.60. The monoisotopic (exact) mass is 307 g/mol. The van der Waals surface area contributed by atoms with E-state index in [0.717, 1.165) is 0 Å². The number of sulfonamides is 1. The summed E-state index contributed by atoms with van der Waals surface area (Å²) in [6.45, 7) is 1.09. The lowest BCUT2D eigenvalue weighted by atomic mass is 10.2. The summed E-state index contributed by atoms with van der Waals surface area (Å²) in [5, 5.41) is 9.42. The number of hydrogen-bond acceptors (Lipinski definition) is 5. The number of amides is 1. The van der Waals surface area contributed by atoms with Crippen LogP contribution in [-0.4, -0.2) is 32.1 Å². The van der Waals surface area contributed by atoms with Crippen molar-refractivity contribution in [3.8, 4) is 0 Å². The molecule has 0 spiro atoms. The molecule has 0 aliphatic rings. The standard InChI is InChI=1S/C10H14ClN3O4S/c1-5-2-6(3-7(12)9(5)11)19(17,18)14-4-8(15)10(13)16/h2-3,8,14-15H,4,12H2,1H3,(H2,13,16). The molecule has 0 aliphatic heterocycles. The number of nitrogen functional groups attached to an aromatic ring is 1. The summed E-state index contributed by atoms with van der Waals surface area (Å²) in [5.74, 6) is -1.02. The number of carbonyl (C=O) groups excluding carboxylic acids is 1. The smallest absolute Gasteiger partial charge is 0.247 e. The van der Waals surface area contributed by atoms with Crippen molar-refractivity contribution >= 4 is 33.2 Å². The third-order valence-electron chi connectivity index (χ3n) is 2.36. The van der Waals surface area contributed by atoms with Gasteiger partial charge in [-0.3, -0.25) is 4.79 Å². The van der Waals surface area contributed by atoms with Crippen molar-refractivity contribution < 1.29 is 18.3 Å². The minimum Gasteiger partial charge on any atom is -0.397 e. The SMILES string of the molecule is Cc1cc(S(=O)(=O)NCC(O)C(N)=O)cc(N)c1Cl. The zero-order valence-electron chi connectivity index (χ0n) is 10.1. The number of nitrogens with one attached hydrogen (secondary N) is 1. The number of primary amides is 1. The Bertz CT molecular complexity index is 580. The summed E-state index contributed by atoms with van der Waals surface area (Å²) in [5.41, 5.74) is 11.0. The number of halogens is 1. The van der Waals surface area contributed by atoms with Crippen molar-refractivity contribution in [2.24, 2.45) is 5.73 Å². The predicted molar refractivity (Wildman–Crippen MR) is 71.0 cm³/mol. The molecule has 1 rings (SSSR count). The lowest BCUT2D eigenvalue weighted by Crippen LogP contribution is -2.39. The zero-order chi connectivity index (χ0) is 14.8. The Labute approximate surface area is 115 Å². The van der Waals surface area contributed by atoms with Gasteiger partial charge in [0.15, 0.2) is 0 Å². The Morgan fingerprint density at radius 1 is 1.53 bits per heavy atom. The van der Waals surface area contributed by atoms with Crippen LogP contribution in [0.3, 0.4) is 0 Å². The second-order valence-corrected chi connectivity index (χ2v) is 6.06. The first kappa shape index (κ1) is 15.7. The first-order chi connectivity index (χ1) is 8.65. The molecule has 0 aliphatic carbocycles. The van der Waals surface area contributed by atoms with Crippen molar-refractivity contribution in [1.29, 1.82) is 0 Å². The first-order valence-corrected chi connectivity index (χ1v) is 7.04. The minimum atomic E-state index is -3.91. The van der Waals surface area contributed by atoms with E-state index in [1.165, 1.54) is 12.1 Å². The number of hydrogen-bond donors (Lipinski definition) is 4. The molecule has 0 fully saturated rings. The molecular weight excluding hydrogens is 294 g/mol. The lowest BCUT2D eigenvalue weighted by molar-refractivity contribution is -0.125.